The molecule has 3 rings (SSSR count). The summed E-state index contributed by atoms with van der Waals surface area (Å²) in [5.74, 6) is 0.312. The molecule has 0 bridgehead atoms. The number of halogens is 1. The fraction of sp³-hybridized carbons (Fsp3) is 0.312. The average Bonchev–Trinajstić information content (AvgIpc) is 2.91. The molecule has 1 aromatic heterocycles. The minimum atomic E-state index is -0.395. The summed E-state index contributed by atoms with van der Waals surface area (Å²) in [5.41, 5.74) is 2.20. The molecule has 3 nitrogen and oxygen atoms in total. The van der Waals surface area contributed by atoms with Crippen molar-refractivity contribution in [3.8, 4) is 0 Å². The van der Waals surface area contributed by atoms with Gasteiger partial charge in [-0.3, -0.25) is 4.79 Å². The molecule has 1 N–H and O–H groups in total. The maximum Gasteiger partial charge on any atom is 0.252 e. The Morgan fingerprint density at radius 3 is 3.10 bits per heavy atom. The van der Waals surface area contributed by atoms with Gasteiger partial charge in [-0.05, 0) is 43.5 Å². The molecule has 1 heterocycles. The average molecular weight is 273 g/mol. The van der Waals surface area contributed by atoms with Crippen LogP contribution in [-0.4, -0.2) is 5.91 Å². The van der Waals surface area contributed by atoms with Crippen LogP contribution in [0.3, 0.4) is 0 Å². The number of aryl methyl sites for hydroxylation is 2. The van der Waals surface area contributed by atoms with E-state index in [1.54, 1.807) is 19.3 Å². The van der Waals surface area contributed by atoms with Gasteiger partial charge in [0.2, 0.25) is 0 Å². The van der Waals surface area contributed by atoms with Gasteiger partial charge in [-0.15, -0.1) is 0 Å². The number of carbonyl (C=O) groups excluding carboxylic acids is 1. The van der Waals surface area contributed by atoms with Crippen LogP contribution in [-0.2, 0) is 6.42 Å². The SMILES string of the molecule is Cc1ccc(F)cc1C(=O)NC1CCCc2occc21. The standard InChI is InChI=1S/C16H16FNO2/c1-10-5-6-11(17)9-13(10)16(19)18-14-3-2-4-15-12(14)7-8-20-15/h5-9,14H,2-4H2,1H3,(H,18,19). The van der Waals surface area contributed by atoms with Crippen LogP contribution in [0.1, 0.15) is 46.1 Å². The summed E-state index contributed by atoms with van der Waals surface area (Å²) in [5, 5.41) is 2.98. The molecule has 1 unspecified atom stereocenters. The van der Waals surface area contributed by atoms with E-state index in [-0.39, 0.29) is 11.9 Å². The Bertz CT molecular complexity index is 648. The first-order valence-corrected chi connectivity index (χ1v) is 6.78. The Labute approximate surface area is 116 Å². The molecule has 0 spiro atoms. The van der Waals surface area contributed by atoms with E-state index in [1.165, 1.54) is 12.1 Å². The molecule has 1 aliphatic rings. The maximum absolute atomic E-state index is 13.3. The minimum absolute atomic E-state index is 0.0485. The fourth-order valence-electron chi connectivity index (χ4n) is 2.71. The van der Waals surface area contributed by atoms with E-state index < -0.39 is 5.82 Å². The largest absolute Gasteiger partial charge is 0.469 e. The van der Waals surface area contributed by atoms with Crippen molar-refractivity contribution >= 4 is 5.91 Å². The summed E-state index contributed by atoms with van der Waals surface area (Å²) in [4.78, 5) is 12.3. The van der Waals surface area contributed by atoms with Gasteiger partial charge < -0.3 is 9.73 Å². The van der Waals surface area contributed by atoms with Gasteiger partial charge in [0.15, 0.2) is 0 Å². The summed E-state index contributed by atoms with van der Waals surface area (Å²) >= 11 is 0. The molecular weight excluding hydrogens is 257 g/mol. The first-order chi connectivity index (χ1) is 9.65. The molecule has 1 aromatic carbocycles. The number of hydrogen-bond acceptors (Lipinski definition) is 2. The van der Waals surface area contributed by atoms with Crippen molar-refractivity contribution in [3.05, 3.63) is 58.8 Å². The molecular formula is C16H16FNO2. The molecule has 0 fully saturated rings. The summed E-state index contributed by atoms with van der Waals surface area (Å²) < 4.78 is 18.7. The summed E-state index contributed by atoms with van der Waals surface area (Å²) in [6.07, 6.45) is 4.43. The predicted molar refractivity (Wildman–Crippen MR) is 73.0 cm³/mol. The molecule has 1 atom stereocenters. The van der Waals surface area contributed by atoms with E-state index >= 15 is 0 Å². The molecule has 1 aliphatic carbocycles. The second-order valence-corrected chi connectivity index (χ2v) is 5.18. The highest BCUT2D eigenvalue weighted by molar-refractivity contribution is 5.95. The number of furan rings is 1. The number of nitrogens with one attached hydrogen (secondary N) is 1. The van der Waals surface area contributed by atoms with Gasteiger partial charge in [-0.1, -0.05) is 6.07 Å². The number of fused-ring (bicyclic) bond motifs is 1. The van der Waals surface area contributed by atoms with Crippen LogP contribution in [0.4, 0.5) is 4.39 Å². The quantitative estimate of drug-likeness (QED) is 0.909. The molecule has 4 heteroatoms. The Morgan fingerprint density at radius 2 is 2.25 bits per heavy atom. The van der Waals surface area contributed by atoms with Crippen LogP contribution in [0.5, 0.6) is 0 Å². The number of benzene rings is 1. The lowest BCUT2D eigenvalue weighted by Gasteiger charge is -2.23. The van der Waals surface area contributed by atoms with Gasteiger partial charge in [0.05, 0.1) is 12.3 Å². The summed E-state index contributed by atoms with van der Waals surface area (Å²) in [6, 6.07) is 6.12. The normalized spacial score (nSPS) is 17.6. The smallest absolute Gasteiger partial charge is 0.252 e. The van der Waals surface area contributed by atoms with Crippen LogP contribution in [0.2, 0.25) is 0 Å². The molecule has 0 aliphatic heterocycles. The van der Waals surface area contributed by atoms with Crippen molar-refractivity contribution < 1.29 is 13.6 Å². The molecule has 2 aromatic rings. The van der Waals surface area contributed by atoms with Crippen LogP contribution < -0.4 is 5.32 Å². The highest BCUT2D eigenvalue weighted by Crippen LogP contribution is 2.30. The van der Waals surface area contributed by atoms with Crippen molar-refractivity contribution in [3.63, 3.8) is 0 Å². The van der Waals surface area contributed by atoms with Gasteiger partial charge >= 0.3 is 0 Å². The third-order valence-corrected chi connectivity index (χ3v) is 3.80. The Kier molecular flexibility index (Phi) is 3.30. The highest BCUT2D eigenvalue weighted by atomic mass is 19.1. The molecule has 0 radical (unpaired) electrons. The van der Waals surface area contributed by atoms with Crippen molar-refractivity contribution in [2.24, 2.45) is 0 Å². The van der Waals surface area contributed by atoms with Gasteiger partial charge in [0.25, 0.3) is 5.91 Å². The van der Waals surface area contributed by atoms with Crippen molar-refractivity contribution in [2.45, 2.75) is 32.2 Å². The zero-order valence-corrected chi connectivity index (χ0v) is 11.3. The number of hydrogen-bond donors (Lipinski definition) is 1. The van der Waals surface area contributed by atoms with Crippen LogP contribution in [0, 0.1) is 12.7 Å². The molecule has 0 saturated carbocycles. The van der Waals surface area contributed by atoms with E-state index in [2.05, 4.69) is 5.32 Å². The second kappa shape index (κ2) is 5.12. The zero-order chi connectivity index (χ0) is 14.1. The second-order valence-electron chi connectivity index (χ2n) is 5.18. The lowest BCUT2D eigenvalue weighted by atomic mass is 9.93. The van der Waals surface area contributed by atoms with Gasteiger partial charge in [-0.25, -0.2) is 4.39 Å². The third-order valence-electron chi connectivity index (χ3n) is 3.80. The number of amides is 1. The van der Waals surface area contributed by atoms with E-state index in [0.29, 0.717) is 5.56 Å². The van der Waals surface area contributed by atoms with Crippen LogP contribution in [0.25, 0.3) is 0 Å². The van der Waals surface area contributed by atoms with Crippen LogP contribution in [0.15, 0.2) is 34.9 Å². The summed E-state index contributed by atoms with van der Waals surface area (Å²) in [7, 11) is 0. The summed E-state index contributed by atoms with van der Waals surface area (Å²) in [6.45, 7) is 1.80. The maximum atomic E-state index is 13.3. The van der Waals surface area contributed by atoms with Crippen LogP contribution >= 0.6 is 0 Å². The Morgan fingerprint density at radius 1 is 1.40 bits per heavy atom. The first kappa shape index (κ1) is 12.9. The monoisotopic (exact) mass is 273 g/mol. The molecule has 104 valence electrons. The van der Waals surface area contributed by atoms with Gasteiger partial charge in [-0.2, -0.15) is 0 Å². The number of rotatable bonds is 2. The lowest BCUT2D eigenvalue weighted by molar-refractivity contribution is 0.0931. The van der Waals surface area contributed by atoms with E-state index in [9.17, 15) is 9.18 Å². The first-order valence-electron chi connectivity index (χ1n) is 6.78. The molecule has 0 saturated heterocycles. The number of carbonyl (C=O) groups is 1. The van der Waals surface area contributed by atoms with Gasteiger partial charge in [0, 0.05) is 17.5 Å². The van der Waals surface area contributed by atoms with E-state index in [4.69, 9.17) is 4.42 Å². The third kappa shape index (κ3) is 2.33. The van der Waals surface area contributed by atoms with E-state index in [0.717, 1.165) is 36.1 Å². The van der Waals surface area contributed by atoms with E-state index in [1.807, 2.05) is 6.07 Å². The van der Waals surface area contributed by atoms with Crippen molar-refractivity contribution in [2.75, 3.05) is 0 Å². The van der Waals surface area contributed by atoms with Crippen molar-refractivity contribution in [1.82, 2.24) is 5.32 Å². The van der Waals surface area contributed by atoms with Gasteiger partial charge in [0.1, 0.15) is 11.6 Å². The zero-order valence-electron chi connectivity index (χ0n) is 11.3. The Balaban J connectivity index is 1.82. The lowest BCUT2D eigenvalue weighted by Crippen LogP contribution is -2.31. The fourth-order valence-corrected chi connectivity index (χ4v) is 2.71. The highest BCUT2D eigenvalue weighted by Gasteiger charge is 2.24. The topological polar surface area (TPSA) is 42.2 Å². The molecule has 20 heavy (non-hydrogen) atoms. The van der Waals surface area contributed by atoms with Crippen molar-refractivity contribution in [1.29, 1.82) is 0 Å². The Hall–Kier alpha value is -2.10. The predicted octanol–water partition coefficient (Wildman–Crippen LogP) is 3.53. The molecule has 1 amide bonds. The minimum Gasteiger partial charge on any atom is -0.469 e.